The molecule has 2 N–H and O–H groups in total. The second kappa shape index (κ2) is 5.50. The number of hydrogen-bond acceptors (Lipinski definition) is 3. The van der Waals surface area contributed by atoms with Crippen molar-refractivity contribution in [2.45, 2.75) is 38.0 Å². The molecule has 0 heterocycles. The predicted octanol–water partition coefficient (Wildman–Crippen LogP) is 1.58. The molecule has 78 valence electrons. The van der Waals surface area contributed by atoms with E-state index in [0.29, 0.717) is 6.42 Å². The van der Waals surface area contributed by atoms with Crippen LogP contribution in [0.1, 0.15) is 27.2 Å². The third-order valence-electron chi connectivity index (χ3n) is 1.59. The van der Waals surface area contributed by atoms with Crippen molar-refractivity contribution in [3.63, 3.8) is 0 Å². The lowest BCUT2D eigenvalue weighted by Gasteiger charge is -2.18. The van der Waals surface area contributed by atoms with Crippen LogP contribution in [-0.4, -0.2) is 34.7 Å². The normalized spacial score (nSPS) is 14.2. The number of likely N-dealkylation sites (N-methyl/N-ethyl adjacent to an activating group) is 1. The molecule has 0 aromatic rings. The van der Waals surface area contributed by atoms with E-state index in [4.69, 9.17) is 5.11 Å². The van der Waals surface area contributed by atoms with Gasteiger partial charge in [0.15, 0.2) is 0 Å². The van der Waals surface area contributed by atoms with Crippen molar-refractivity contribution in [2.75, 3.05) is 12.8 Å². The van der Waals surface area contributed by atoms with E-state index < -0.39 is 12.0 Å². The monoisotopic (exact) mass is 205 g/mol. The van der Waals surface area contributed by atoms with E-state index in [1.807, 2.05) is 0 Å². The molecule has 0 bridgehead atoms. The Bertz CT molecular complexity index is 165. The Hall–Kier alpha value is -0.220. The number of aliphatic carboxylic acids is 1. The molecular formula is C9H19NO2S. The summed E-state index contributed by atoms with van der Waals surface area (Å²) in [5.74, 6) is 0.110. The zero-order valence-electron chi connectivity index (χ0n) is 8.76. The molecule has 0 saturated heterocycles. The summed E-state index contributed by atoms with van der Waals surface area (Å²) < 4.78 is 0.219. The molecule has 4 heteroatoms. The summed E-state index contributed by atoms with van der Waals surface area (Å²) in [5, 5.41) is 11.5. The van der Waals surface area contributed by atoms with E-state index in [2.05, 4.69) is 26.1 Å². The van der Waals surface area contributed by atoms with Gasteiger partial charge in [0.1, 0.15) is 6.04 Å². The summed E-state index contributed by atoms with van der Waals surface area (Å²) in [6.45, 7) is 6.40. The van der Waals surface area contributed by atoms with Crippen molar-refractivity contribution in [2.24, 2.45) is 0 Å². The minimum atomic E-state index is -0.767. The van der Waals surface area contributed by atoms with Crippen LogP contribution >= 0.6 is 11.8 Å². The highest BCUT2D eigenvalue weighted by molar-refractivity contribution is 8.00. The van der Waals surface area contributed by atoms with E-state index in [9.17, 15) is 4.79 Å². The average molecular weight is 205 g/mol. The molecule has 0 aromatic carbocycles. The number of carbonyl (C=O) groups is 1. The number of carboxylic acid groups (broad SMARTS) is 1. The van der Waals surface area contributed by atoms with Gasteiger partial charge in [0.05, 0.1) is 0 Å². The van der Waals surface area contributed by atoms with Crippen LogP contribution in [0.4, 0.5) is 0 Å². The predicted molar refractivity (Wildman–Crippen MR) is 57.3 cm³/mol. The van der Waals surface area contributed by atoms with Crippen LogP contribution in [0.5, 0.6) is 0 Å². The smallest absolute Gasteiger partial charge is 0.320 e. The largest absolute Gasteiger partial charge is 0.480 e. The third-order valence-corrected chi connectivity index (χ3v) is 2.89. The summed E-state index contributed by atoms with van der Waals surface area (Å²) in [4.78, 5) is 10.6. The maximum absolute atomic E-state index is 10.6. The van der Waals surface area contributed by atoms with Crippen LogP contribution in [-0.2, 0) is 4.79 Å². The molecule has 0 radical (unpaired) electrons. The first kappa shape index (κ1) is 12.8. The Labute approximate surface area is 84.3 Å². The first-order valence-corrected chi connectivity index (χ1v) is 5.39. The van der Waals surface area contributed by atoms with E-state index in [-0.39, 0.29) is 4.75 Å². The Morgan fingerprint density at radius 2 is 2.08 bits per heavy atom. The summed E-state index contributed by atoms with van der Waals surface area (Å²) in [5.41, 5.74) is 0. The van der Waals surface area contributed by atoms with E-state index >= 15 is 0 Å². The number of thioether (sulfide) groups is 1. The van der Waals surface area contributed by atoms with Gasteiger partial charge in [-0.05, 0) is 19.2 Å². The molecule has 0 aromatic heterocycles. The first-order valence-electron chi connectivity index (χ1n) is 4.41. The number of rotatable bonds is 5. The fourth-order valence-corrected chi connectivity index (χ4v) is 1.84. The van der Waals surface area contributed by atoms with Crippen molar-refractivity contribution in [1.29, 1.82) is 0 Å². The fourth-order valence-electron chi connectivity index (χ4n) is 0.874. The molecule has 0 saturated carbocycles. The summed E-state index contributed by atoms with van der Waals surface area (Å²) in [7, 11) is 1.68. The maximum atomic E-state index is 10.6. The SMILES string of the molecule is CNC(CCSC(C)(C)C)C(=O)O. The summed E-state index contributed by atoms with van der Waals surface area (Å²) >= 11 is 1.79. The van der Waals surface area contributed by atoms with E-state index in [1.54, 1.807) is 18.8 Å². The van der Waals surface area contributed by atoms with Crippen LogP contribution in [0.15, 0.2) is 0 Å². The van der Waals surface area contributed by atoms with Crippen molar-refractivity contribution in [1.82, 2.24) is 5.32 Å². The number of carboxylic acids is 1. The molecular weight excluding hydrogens is 186 g/mol. The minimum Gasteiger partial charge on any atom is -0.480 e. The number of nitrogens with one attached hydrogen (secondary N) is 1. The molecule has 0 aliphatic carbocycles. The lowest BCUT2D eigenvalue weighted by Crippen LogP contribution is -2.34. The third kappa shape index (κ3) is 6.90. The van der Waals surface area contributed by atoms with Gasteiger partial charge in [-0.3, -0.25) is 4.79 Å². The van der Waals surface area contributed by atoms with Crippen LogP contribution in [0.2, 0.25) is 0 Å². The van der Waals surface area contributed by atoms with Gasteiger partial charge >= 0.3 is 5.97 Å². The second-order valence-corrected chi connectivity index (χ2v) is 5.85. The maximum Gasteiger partial charge on any atom is 0.320 e. The molecule has 1 unspecified atom stereocenters. The highest BCUT2D eigenvalue weighted by atomic mass is 32.2. The van der Waals surface area contributed by atoms with Gasteiger partial charge < -0.3 is 10.4 Å². The van der Waals surface area contributed by atoms with Gasteiger partial charge in [-0.2, -0.15) is 11.8 Å². The van der Waals surface area contributed by atoms with Crippen LogP contribution in [0.25, 0.3) is 0 Å². The lowest BCUT2D eigenvalue weighted by molar-refractivity contribution is -0.139. The zero-order valence-corrected chi connectivity index (χ0v) is 9.57. The molecule has 0 fully saturated rings. The molecule has 0 rings (SSSR count). The Balaban J connectivity index is 3.68. The van der Waals surface area contributed by atoms with E-state index in [0.717, 1.165) is 5.75 Å². The molecule has 3 nitrogen and oxygen atoms in total. The molecule has 0 aliphatic heterocycles. The van der Waals surface area contributed by atoms with Gasteiger partial charge in [0.2, 0.25) is 0 Å². The first-order chi connectivity index (χ1) is 5.87. The van der Waals surface area contributed by atoms with Crippen LogP contribution in [0.3, 0.4) is 0 Å². The Morgan fingerprint density at radius 1 is 1.54 bits per heavy atom. The quantitative estimate of drug-likeness (QED) is 0.715. The summed E-state index contributed by atoms with van der Waals surface area (Å²) in [6.07, 6.45) is 0.674. The van der Waals surface area contributed by atoms with E-state index in [1.165, 1.54) is 0 Å². The van der Waals surface area contributed by atoms with Crippen molar-refractivity contribution in [3.05, 3.63) is 0 Å². The van der Waals surface area contributed by atoms with Crippen molar-refractivity contribution >= 4 is 17.7 Å². The van der Waals surface area contributed by atoms with Crippen molar-refractivity contribution < 1.29 is 9.90 Å². The highest BCUT2D eigenvalue weighted by Gasteiger charge is 2.16. The molecule has 0 aliphatic rings. The molecule has 0 spiro atoms. The highest BCUT2D eigenvalue weighted by Crippen LogP contribution is 2.23. The van der Waals surface area contributed by atoms with Gasteiger partial charge in [-0.1, -0.05) is 20.8 Å². The standard InChI is InChI=1S/C9H19NO2S/c1-9(2,3)13-6-5-7(10-4)8(11)12/h7,10H,5-6H2,1-4H3,(H,11,12). The topological polar surface area (TPSA) is 49.3 Å². The van der Waals surface area contributed by atoms with Gasteiger partial charge in [0, 0.05) is 4.75 Å². The fraction of sp³-hybridized carbons (Fsp3) is 0.889. The second-order valence-electron chi connectivity index (χ2n) is 3.93. The Morgan fingerprint density at radius 3 is 2.38 bits per heavy atom. The van der Waals surface area contributed by atoms with Gasteiger partial charge in [0.25, 0.3) is 0 Å². The van der Waals surface area contributed by atoms with Crippen LogP contribution < -0.4 is 5.32 Å². The Kier molecular flexibility index (Phi) is 5.40. The van der Waals surface area contributed by atoms with Gasteiger partial charge in [-0.15, -0.1) is 0 Å². The zero-order chi connectivity index (χ0) is 10.5. The average Bonchev–Trinajstić information content (AvgIpc) is 1.95. The molecule has 0 amide bonds. The lowest BCUT2D eigenvalue weighted by atomic mass is 10.2. The molecule has 1 atom stereocenters. The van der Waals surface area contributed by atoms with Gasteiger partial charge in [-0.25, -0.2) is 0 Å². The number of hydrogen-bond donors (Lipinski definition) is 2. The van der Waals surface area contributed by atoms with Crippen LogP contribution in [0, 0.1) is 0 Å². The summed E-state index contributed by atoms with van der Waals surface area (Å²) in [6, 6.07) is -0.408. The minimum absolute atomic E-state index is 0.219. The molecule has 13 heavy (non-hydrogen) atoms. The van der Waals surface area contributed by atoms with Crippen molar-refractivity contribution in [3.8, 4) is 0 Å².